The smallest absolute Gasteiger partial charge is 0.408 e. The van der Waals surface area contributed by atoms with Crippen molar-refractivity contribution in [2.24, 2.45) is 5.92 Å². The van der Waals surface area contributed by atoms with Gasteiger partial charge in [-0.05, 0) is 39.5 Å². The molecule has 1 amide bonds. The van der Waals surface area contributed by atoms with E-state index in [4.69, 9.17) is 4.74 Å². The largest absolute Gasteiger partial charge is 0.444 e. The number of carbonyl (C=O) groups is 1. The Morgan fingerprint density at radius 1 is 1.56 bits per heavy atom. The Labute approximate surface area is 97.4 Å². The first kappa shape index (κ1) is 13.3. The molecule has 4 heteroatoms. The summed E-state index contributed by atoms with van der Waals surface area (Å²) in [5.41, 5.74) is -0.909. The van der Waals surface area contributed by atoms with Crippen molar-refractivity contribution in [1.82, 2.24) is 5.32 Å². The molecule has 2 unspecified atom stereocenters. The van der Waals surface area contributed by atoms with Crippen molar-refractivity contribution < 1.29 is 14.6 Å². The molecule has 0 heterocycles. The summed E-state index contributed by atoms with van der Waals surface area (Å²) in [6.07, 6.45) is 2.54. The highest BCUT2D eigenvalue weighted by Crippen LogP contribution is 2.46. The van der Waals surface area contributed by atoms with E-state index in [0.717, 1.165) is 19.3 Å². The Morgan fingerprint density at radius 2 is 2.19 bits per heavy atom. The molecule has 4 nitrogen and oxygen atoms in total. The van der Waals surface area contributed by atoms with Gasteiger partial charge in [0.1, 0.15) is 5.60 Å². The van der Waals surface area contributed by atoms with E-state index in [0.29, 0.717) is 5.92 Å². The van der Waals surface area contributed by atoms with E-state index in [1.165, 1.54) is 0 Å². The first-order valence-electron chi connectivity index (χ1n) is 5.95. The highest BCUT2D eigenvalue weighted by atomic mass is 16.6. The minimum Gasteiger partial charge on any atom is -0.444 e. The summed E-state index contributed by atoms with van der Waals surface area (Å²) >= 11 is 0. The van der Waals surface area contributed by atoms with E-state index in [1.807, 2.05) is 20.8 Å². The van der Waals surface area contributed by atoms with Crippen molar-refractivity contribution in [3.63, 3.8) is 0 Å². The maximum atomic E-state index is 11.6. The van der Waals surface area contributed by atoms with Crippen LogP contribution in [-0.4, -0.2) is 28.9 Å². The lowest BCUT2D eigenvalue weighted by Crippen LogP contribution is -2.44. The van der Waals surface area contributed by atoms with Gasteiger partial charge in [-0.15, -0.1) is 0 Å². The van der Waals surface area contributed by atoms with E-state index < -0.39 is 17.2 Å². The zero-order valence-corrected chi connectivity index (χ0v) is 10.7. The summed E-state index contributed by atoms with van der Waals surface area (Å²) in [7, 11) is 0. The molecule has 2 N–H and O–H groups in total. The average Bonchev–Trinajstić information content (AvgIpc) is 2.76. The third kappa shape index (κ3) is 3.37. The van der Waals surface area contributed by atoms with Gasteiger partial charge in [-0.25, -0.2) is 4.79 Å². The van der Waals surface area contributed by atoms with Crippen LogP contribution < -0.4 is 5.32 Å². The number of alkyl carbamates (subject to hydrolysis) is 1. The molecule has 94 valence electrons. The number of carbonyl (C=O) groups excluding carboxylic acids is 1. The second-order valence-electron chi connectivity index (χ2n) is 5.63. The van der Waals surface area contributed by atoms with Gasteiger partial charge in [0, 0.05) is 0 Å². The molecule has 0 aromatic heterocycles. The normalized spacial score (nSPS) is 28.7. The standard InChI is InChI=1S/C12H23NO3/c1-5-6-9-7-12(9,8-14)13-10(15)16-11(2,3)4/h9,14H,5-8H2,1-4H3,(H,13,15). The number of rotatable bonds is 4. The first-order chi connectivity index (χ1) is 7.33. The van der Waals surface area contributed by atoms with Gasteiger partial charge in [-0.3, -0.25) is 0 Å². The zero-order valence-electron chi connectivity index (χ0n) is 10.7. The Kier molecular flexibility index (Phi) is 3.84. The summed E-state index contributed by atoms with van der Waals surface area (Å²) in [5, 5.41) is 12.1. The molecule has 0 aliphatic heterocycles. The van der Waals surface area contributed by atoms with Crippen molar-refractivity contribution in [3.05, 3.63) is 0 Å². The lowest BCUT2D eigenvalue weighted by Gasteiger charge is -2.23. The summed E-state index contributed by atoms with van der Waals surface area (Å²) in [5.74, 6) is 0.398. The average molecular weight is 229 g/mol. The maximum absolute atomic E-state index is 11.6. The number of aliphatic hydroxyl groups excluding tert-OH is 1. The molecular formula is C12H23NO3. The molecule has 0 spiro atoms. The van der Waals surface area contributed by atoms with Gasteiger partial charge < -0.3 is 15.2 Å². The Morgan fingerprint density at radius 3 is 2.62 bits per heavy atom. The van der Waals surface area contributed by atoms with Crippen LogP contribution in [0.25, 0.3) is 0 Å². The van der Waals surface area contributed by atoms with Crippen molar-refractivity contribution in [2.75, 3.05) is 6.61 Å². The minimum absolute atomic E-state index is 0.00307. The summed E-state index contributed by atoms with van der Waals surface area (Å²) in [6.45, 7) is 7.59. The van der Waals surface area contributed by atoms with Gasteiger partial charge in [0.2, 0.25) is 0 Å². The molecule has 1 rings (SSSR count). The predicted molar refractivity (Wildman–Crippen MR) is 62.2 cm³/mol. The first-order valence-corrected chi connectivity index (χ1v) is 5.95. The SMILES string of the molecule is CCCC1CC1(CO)NC(=O)OC(C)(C)C. The topological polar surface area (TPSA) is 58.6 Å². The van der Waals surface area contributed by atoms with Gasteiger partial charge in [0.15, 0.2) is 0 Å². The Balaban J connectivity index is 2.44. The summed E-state index contributed by atoms with van der Waals surface area (Å²) < 4.78 is 5.18. The molecule has 0 aromatic rings. The second kappa shape index (κ2) is 4.62. The van der Waals surface area contributed by atoms with Gasteiger partial charge in [-0.1, -0.05) is 13.3 Å². The molecular weight excluding hydrogens is 206 g/mol. The van der Waals surface area contributed by atoms with Crippen LogP contribution in [0.2, 0.25) is 0 Å². The fourth-order valence-corrected chi connectivity index (χ4v) is 2.00. The molecule has 1 saturated carbocycles. The van der Waals surface area contributed by atoms with Crippen molar-refractivity contribution >= 4 is 6.09 Å². The highest BCUT2D eigenvalue weighted by Gasteiger charge is 2.54. The molecule has 0 saturated heterocycles. The van der Waals surface area contributed by atoms with Gasteiger partial charge in [-0.2, -0.15) is 0 Å². The lowest BCUT2D eigenvalue weighted by molar-refractivity contribution is 0.0461. The molecule has 1 fully saturated rings. The van der Waals surface area contributed by atoms with E-state index in [2.05, 4.69) is 12.2 Å². The molecule has 0 aromatic carbocycles. The van der Waals surface area contributed by atoms with Gasteiger partial charge in [0.25, 0.3) is 0 Å². The van der Waals surface area contributed by atoms with Crippen LogP contribution in [-0.2, 0) is 4.74 Å². The Bertz CT molecular complexity index is 259. The van der Waals surface area contributed by atoms with E-state index >= 15 is 0 Å². The van der Waals surface area contributed by atoms with E-state index in [-0.39, 0.29) is 6.61 Å². The lowest BCUT2D eigenvalue weighted by atomic mass is 10.1. The number of amides is 1. The predicted octanol–water partition coefficient (Wildman–Crippen LogP) is 2.06. The second-order valence-corrected chi connectivity index (χ2v) is 5.63. The number of nitrogens with one attached hydrogen (secondary N) is 1. The molecule has 0 bridgehead atoms. The fourth-order valence-electron chi connectivity index (χ4n) is 2.00. The zero-order chi connectivity index (χ0) is 12.4. The van der Waals surface area contributed by atoms with Crippen molar-refractivity contribution in [2.45, 2.75) is 58.1 Å². The summed E-state index contributed by atoms with van der Waals surface area (Å²) in [4.78, 5) is 11.6. The monoisotopic (exact) mass is 229 g/mol. The highest BCUT2D eigenvalue weighted by molar-refractivity contribution is 5.69. The molecule has 0 radical (unpaired) electrons. The maximum Gasteiger partial charge on any atom is 0.408 e. The van der Waals surface area contributed by atoms with Crippen LogP contribution in [0.5, 0.6) is 0 Å². The minimum atomic E-state index is -0.490. The van der Waals surface area contributed by atoms with Crippen LogP contribution in [0.15, 0.2) is 0 Å². The van der Waals surface area contributed by atoms with E-state index in [1.54, 1.807) is 0 Å². The molecule has 1 aliphatic rings. The van der Waals surface area contributed by atoms with Crippen LogP contribution in [0.4, 0.5) is 4.79 Å². The van der Waals surface area contributed by atoms with Crippen LogP contribution in [0.3, 0.4) is 0 Å². The molecule has 1 aliphatic carbocycles. The van der Waals surface area contributed by atoms with Crippen molar-refractivity contribution in [3.8, 4) is 0 Å². The quantitative estimate of drug-likeness (QED) is 0.775. The fraction of sp³-hybridized carbons (Fsp3) is 0.917. The number of aliphatic hydroxyl groups is 1. The number of hydrogen-bond donors (Lipinski definition) is 2. The third-order valence-electron chi connectivity index (χ3n) is 2.90. The molecule has 2 atom stereocenters. The number of hydrogen-bond acceptors (Lipinski definition) is 3. The van der Waals surface area contributed by atoms with Crippen molar-refractivity contribution in [1.29, 1.82) is 0 Å². The Hall–Kier alpha value is -0.770. The third-order valence-corrected chi connectivity index (χ3v) is 2.90. The van der Waals surface area contributed by atoms with Crippen LogP contribution in [0.1, 0.15) is 47.0 Å². The van der Waals surface area contributed by atoms with Crippen LogP contribution in [0, 0.1) is 5.92 Å². The number of ether oxygens (including phenoxy) is 1. The van der Waals surface area contributed by atoms with Gasteiger partial charge >= 0.3 is 6.09 Å². The van der Waals surface area contributed by atoms with E-state index in [9.17, 15) is 9.90 Å². The van der Waals surface area contributed by atoms with Gasteiger partial charge in [0.05, 0.1) is 12.1 Å². The molecule has 16 heavy (non-hydrogen) atoms. The van der Waals surface area contributed by atoms with Crippen LogP contribution >= 0.6 is 0 Å². The summed E-state index contributed by atoms with van der Waals surface area (Å²) in [6, 6.07) is 0.